The monoisotopic (exact) mass is 589 g/mol. The maximum Gasteiger partial charge on any atom is 0.490 e. The molecule has 14 heteroatoms. The van der Waals surface area contributed by atoms with Crippen LogP contribution in [0.2, 0.25) is 0 Å². The van der Waals surface area contributed by atoms with E-state index in [1.54, 1.807) is 17.0 Å². The summed E-state index contributed by atoms with van der Waals surface area (Å²) in [6, 6.07) is 10.7. The minimum absolute atomic E-state index is 0.0554. The Morgan fingerprint density at radius 1 is 1.00 bits per heavy atom. The number of nitrogens with zero attached hydrogens (tertiary/aromatic N) is 1. The van der Waals surface area contributed by atoms with Gasteiger partial charge in [0.2, 0.25) is 5.91 Å². The summed E-state index contributed by atoms with van der Waals surface area (Å²) in [4.78, 5) is 35.7. The van der Waals surface area contributed by atoms with Gasteiger partial charge in [-0.25, -0.2) is 17.6 Å². The molecule has 0 spiro atoms. The van der Waals surface area contributed by atoms with Crippen LogP contribution in [0.5, 0.6) is 0 Å². The summed E-state index contributed by atoms with van der Waals surface area (Å²) < 4.78 is 72.0. The normalized spacial score (nSPS) is 14.2. The van der Waals surface area contributed by atoms with E-state index < -0.39 is 28.0 Å². The maximum absolute atomic E-state index is 13.0. The van der Waals surface area contributed by atoms with Gasteiger partial charge >= 0.3 is 12.1 Å². The first-order valence-electron chi connectivity index (χ1n) is 12.4. The maximum atomic E-state index is 13.0. The van der Waals surface area contributed by atoms with Gasteiger partial charge in [-0.2, -0.15) is 13.2 Å². The molecule has 1 heterocycles. The number of alkyl halides is 3. The number of anilines is 1. The van der Waals surface area contributed by atoms with Crippen molar-refractivity contribution >= 4 is 33.5 Å². The van der Waals surface area contributed by atoms with Gasteiger partial charge in [0.25, 0.3) is 15.9 Å². The predicted octanol–water partition coefficient (Wildman–Crippen LogP) is 4.27. The van der Waals surface area contributed by atoms with Crippen molar-refractivity contribution in [2.45, 2.75) is 44.2 Å². The molecule has 0 aliphatic carbocycles. The number of halogens is 4. The Morgan fingerprint density at radius 3 is 2.00 bits per heavy atom. The summed E-state index contributed by atoms with van der Waals surface area (Å²) >= 11 is 0. The first kappa shape index (κ1) is 32.5. The molecule has 0 bridgehead atoms. The lowest BCUT2D eigenvalue weighted by Gasteiger charge is -2.31. The molecule has 0 saturated carbocycles. The molecule has 1 fully saturated rings. The van der Waals surface area contributed by atoms with Crippen LogP contribution in [0.25, 0.3) is 0 Å². The van der Waals surface area contributed by atoms with Crippen LogP contribution < -0.4 is 10.0 Å². The SMILES string of the molecule is CC(C)CCNC(=O)C1CCN(C(=O)c2ccc(NS(=O)(=O)c3ccc(F)cc3)cc2)CC1.O=C(O)C(F)(F)F. The second-order valence-corrected chi connectivity index (χ2v) is 11.2. The number of amides is 2. The van der Waals surface area contributed by atoms with Crippen LogP contribution in [-0.4, -0.2) is 62.0 Å². The summed E-state index contributed by atoms with van der Waals surface area (Å²) in [5, 5.41) is 10.1. The number of piperidine rings is 1. The molecule has 3 N–H and O–H groups in total. The summed E-state index contributed by atoms with van der Waals surface area (Å²) in [5.74, 6) is -2.92. The number of carboxylic acids is 1. The van der Waals surface area contributed by atoms with Gasteiger partial charge in [-0.15, -0.1) is 0 Å². The highest BCUT2D eigenvalue weighted by Gasteiger charge is 2.38. The number of hydrogen-bond acceptors (Lipinski definition) is 5. The van der Waals surface area contributed by atoms with Crippen molar-refractivity contribution in [1.29, 1.82) is 0 Å². The van der Waals surface area contributed by atoms with Crippen molar-refractivity contribution in [3.05, 3.63) is 59.9 Å². The zero-order valence-electron chi connectivity index (χ0n) is 21.9. The molecule has 1 aliphatic rings. The van der Waals surface area contributed by atoms with Gasteiger partial charge in [0, 0.05) is 36.8 Å². The number of benzene rings is 2. The number of carbonyl (C=O) groups excluding carboxylic acids is 2. The Hall–Kier alpha value is -3.68. The molecule has 0 radical (unpaired) electrons. The minimum Gasteiger partial charge on any atom is -0.475 e. The van der Waals surface area contributed by atoms with E-state index in [2.05, 4.69) is 23.9 Å². The third kappa shape index (κ3) is 10.1. The number of likely N-dealkylation sites (tertiary alicyclic amines) is 1. The summed E-state index contributed by atoms with van der Waals surface area (Å²) in [5.41, 5.74) is 0.743. The molecular weight excluding hydrogens is 558 g/mol. The van der Waals surface area contributed by atoms with E-state index >= 15 is 0 Å². The molecule has 0 atom stereocenters. The van der Waals surface area contributed by atoms with Crippen LogP contribution in [0.1, 0.15) is 43.5 Å². The van der Waals surface area contributed by atoms with Crippen molar-refractivity contribution in [1.82, 2.24) is 10.2 Å². The topological polar surface area (TPSA) is 133 Å². The third-order valence-corrected chi connectivity index (χ3v) is 7.32. The average molecular weight is 590 g/mol. The molecule has 220 valence electrons. The molecule has 2 aromatic rings. The van der Waals surface area contributed by atoms with Crippen LogP contribution in [0.3, 0.4) is 0 Å². The lowest BCUT2D eigenvalue weighted by atomic mass is 9.95. The summed E-state index contributed by atoms with van der Waals surface area (Å²) in [7, 11) is -3.86. The van der Waals surface area contributed by atoms with Crippen LogP contribution in [0, 0.1) is 17.7 Å². The van der Waals surface area contributed by atoms with Gasteiger partial charge in [0.05, 0.1) is 4.90 Å². The Morgan fingerprint density at radius 2 is 1.52 bits per heavy atom. The van der Waals surface area contributed by atoms with Crippen LogP contribution in [0.15, 0.2) is 53.4 Å². The van der Waals surface area contributed by atoms with E-state index in [0.29, 0.717) is 49.6 Å². The number of hydrogen-bond donors (Lipinski definition) is 3. The second kappa shape index (κ2) is 14.1. The van der Waals surface area contributed by atoms with Crippen molar-refractivity contribution in [2.75, 3.05) is 24.4 Å². The molecule has 1 aliphatic heterocycles. The Labute approximate surface area is 229 Å². The number of rotatable bonds is 8. The van der Waals surface area contributed by atoms with E-state index in [0.717, 1.165) is 18.6 Å². The van der Waals surface area contributed by atoms with E-state index in [9.17, 15) is 35.6 Å². The lowest BCUT2D eigenvalue weighted by molar-refractivity contribution is -0.192. The molecule has 2 amide bonds. The number of carboxylic acid groups (broad SMARTS) is 1. The second-order valence-electron chi connectivity index (χ2n) is 9.48. The van der Waals surface area contributed by atoms with E-state index in [1.165, 1.54) is 24.3 Å². The van der Waals surface area contributed by atoms with Gasteiger partial charge < -0.3 is 15.3 Å². The molecule has 3 rings (SSSR count). The summed E-state index contributed by atoms with van der Waals surface area (Å²) in [6.45, 7) is 5.90. The van der Waals surface area contributed by atoms with Gasteiger partial charge in [0.1, 0.15) is 5.82 Å². The highest BCUT2D eigenvalue weighted by atomic mass is 32.2. The van der Waals surface area contributed by atoms with E-state index in [-0.39, 0.29) is 22.6 Å². The number of nitrogens with one attached hydrogen (secondary N) is 2. The molecule has 0 aromatic heterocycles. The number of aliphatic carboxylic acids is 1. The van der Waals surface area contributed by atoms with Crippen molar-refractivity contribution in [3.8, 4) is 0 Å². The quantitative estimate of drug-likeness (QED) is 0.394. The molecular formula is C26H31F4N3O6S. The van der Waals surface area contributed by atoms with E-state index in [4.69, 9.17) is 9.90 Å². The van der Waals surface area contributed by atoms with Crippen molar-refractivity contribution in [3.63, 3.8) is 0 Å². The molecule has 40 heavy (non-hydrogen) atoms. The average Bonchev–Trinajstić information content (AvgIpc) is 2.88. The lowest BCUT2D eigenvalue weighted by Crippen LogP contribution is -2.43. The first-order chi connectivity index (χ1) is 18.6. The number of sulfonamides is 1. The van der Waals surface area contributed by atoms with Crippen LogP contribution >= 0.6 is 0 Å². The zero-order chi connectivity index (χ0) is 30.1. The fourth-order valence-corrected chi connectivity index (χ4v) is 4.72. The predicted molar refractivity (Wildman–Crippen MR) is 138 cm³/mol. The molecule has 0 unspecified atom stereocenters. The minimum atomic E-state index is -5.08. The van der Waals surface area contributed by atoms with Gasteiger partial charge in [-0.05, 0) is 73.7 Å². The van der Waals surface area contributed by atoms with Gasteiger partial charge in [0.15, 0.2) is 0 Å². The Balaban J connectivity index is 0.000000708. The third-order valence-electron chi connectivity index (χ3n) is 5.92. The largest absolute Gasteiger partial charge is 0.490 e. The number of carbonyl (C=O) groups is 3. The van der Waals surface area contributed by atoms with Crippen LogP contribution in [-0.2, 0) is 19.6 Å². The standard InChI is InChI=1S/C24H30FN3O4S.C2HF3O2/c1-17(2)11-14-26-23(29)18-12-15-28(16-13-18)24(30)19-3-7-21(8-4-19)27-33(31,32)22-9-5-20(25)6-10-22;3-2(4,5)1(6)7/h3-10,17-18,27H,11-16H2,1-2H3,(H,26,29);(H,6,7). The van der Waals surface area contributed by atoms with Gasteiger partial charge in [-0.3, -0.25) is 14.3 Å². The first-order valence-corrected chi connectivity index (χ1v) is 13.8. The fraction of sp³-hybridized carbons (Fsp3) is 0.423. The van der Waals surface area contributed by atoms with E-state index in [1.807, 2.05) is 0 Å². The molecule has 2 aromatic carbocycles. The Kier molecular flexibility index (Phi) is 11.5. The van der Waals surface area contributed by atoms with Crippen LogP contribution in [0.4, 0.5) is 23.2 Å². The molecule has 9 nitrogen and oxygen atoms in total. The van der Waals surface area contributed by atoms with Gasteiger partial charge in [-0.1, -0.05) is 13.8 Å². The van der Waals surface area contributed by atoms with Crippen molar-refractivity contribution < 1.29 is 45.5 Å². The molecule has 1 saturated heterocycles. The smallest absolute Gasteiger partial charge is 0.475 e. The highest BCUT2D eigenvalue weighted by Crippen LogP contribution is 2.21. The Bertz CT molecular complexity index is 1260. The summed E-state index contributed by atoms with van der Waals surface area (Å²) in [6.07, 6.45) is -2.90. The highest BCUT2D eigenvalue weighted by molar-refractivity contribution is 7.92. The fourth-order valence-electron chi connectivity index (χ4n) is 3.66. The zero-order valence-corrected chi connectivity index (χ0v) is 22.7. The van der Waals surface area contributed by atoms with Crippen molar-refractivity contribution in [2.24, 2.45) is 11.8 Å².